The van der Waals surface area contributed by atoms with Crippen LogP contribution in [0.4, 0.5) is 0 Å². The summed E-state index contributed by atoms with van der Waals surface area (Å²) in [6, 6.07) is 6.40. The lowest BCUT2D eigenvalue weighted by Gasteiger charge is -2.20. The van der Waals surface area contributed by atoms with Gasteiger partial charge in [-0.1, -0.05) is 11.3 Å². The molecule has 1 N–H and O–H groups in total. The van der Waals surface area contributed by atoms with Gasteiger partial charge in [0.05, 0.1) is 23.1 Å². The Morgan fingerprint density at radius 2 is 1.96 bits per heavy atom. The lowest BCUT2D eigenvalue weighted by Crippen LogP contribution is -2.26. The number of pyridine rings is 1. The summed E-state index contributed by atoms with van der Waals surface area (Å²) >= 11 is 1.65. The monoisotopic (exact) mass is 352 g/mol. The number of imidazole rings is 1. The maximum Gasteiger partial charge on any atom is 0.212 e. The van der Waals surface area contributed by atoms with Gasteiger partial charge in [0.25, 0.3) is 0 Å². The molecule has 0 aliphatic carbocycles. The summed E-state index contributed by atoms with van der Waals surface area (Å²) in [5.74, 6) is 0.562. The van der Waals surface area contributed by atoms with Crippen molar-refractivity contribution in [3.05, 3.63) is 41.5 Å². The van der Waals surface area contributed by atoms with Gasteiger partial charge in [-0.2, -0.15) is 10.2 Å². The second kappa shape index (κ2) is 5.64. The number of rotatable bonds is 2. The molecule has 0 saturated carbocycles. The number of aromatic nitrogens is 5. The zero-order valence-electron chi connectivity index (χ0n) is 14.4. The minimum atomic E-state index is 0.562. The molecule has 6 nitrogen and oxygen atoms in total. The second-order valence-electron chi connectivity index (χ2n) is 6.83. The second-order valence-corrected chi connectivity index (χ2v) is 7.79. The summed E-state index contributed by atoms with van der Waals surface area (Å²) in [5.41, 5.74) is 5.56. The van der Waals surface area contributed by atoms with Crippen LogP contribution in [-0.4, -0.2) is 37.3 Å². The predicted octanol–water partition coefficient (Wildman–Crippen LogP) is 3.19. The van der Waals surface area contributed by atoms with E-state index in [1.807, 2.05) is 16.0 Å². The molecule has 0 spiro atoms. The normalized spacial score (nSPS) is 16.2. The Balaban J connectivity index is 1.53. The molecule has 0 amide bonds. The molecular weight excluding hydrogens is 332 g/mol. The van der Waals surface area contributed by atoms with Crippen LogP contribution in [0.1, 0.15) is 35.8 Å². The predicted molar refractivity (Wildman–Crippen MR) is 99.4 cm³/mol. The highest BCUT2D eigenvalue weighted by Crippen LogP contribution is 2.30. The van der Waals surface area contributed by atoms with E-state index in [1.165, 1.54) is 5.69 Å². The number of piperidine rings is 1. The maximum absolute atomic E-state index is 4.85. The number of hydrogen-bond donors (Lipinski definition) is 1. The van der Waals surface area contributed by atoms with Crippen LogP contribution in [0.15, 0.2) is 24.4 Å². The van der Waals surface area contributed by atoms with Crippen molar-refractivity contribution in [2.24, 2.45) is 0 Å². The van der Waals surface area contributed by atoms with E-state index in [9.17, 15) is 0 Å². The first kappa shape index (κ1) is 15.0. The van der Waals surface area contributed by atoms with Gasteiger partial charge in [-0.25, -0.2) is 14.0 Å². The number of fused-ring (bicyclic) bond motifs is 2. The Morgan fingerprint density at radius 3 is 2.76 bits per heavy atom. The van der Waals surface area contributed by atoms with Gasteiger partial charge in [0.15, 0.2) is 0 Å². The summed E-state index contributed by atoms with van der Waals surface area (Å²) in [5, 5.41) is 13.7. The minimum Gasteiger partial charge on any atom is -0.317 e. The first-order valence-corrected chi connectivity index (χ1v) is 9.53. The molecular formula is C18H20N6S. The van der Waals surface area contributed by atoms with E-state index < -0.39 is 0 Å². The van der Waals surface area contributed by atoms with Gasteiger partial charge >= 0.3 is 0 Å². The lowest BCUT2D eigenvalue weighted by atomic mass is 9.95. The van der Waals surface area contributed by atoms with Crippen molar-refractivity contribution in [1.82, 2.24) is 29.5 Å². The number of nitrogens with one attached hydrogen (secondary N) is 1. The first-order valence-electron chi connectivity index (χ1n) is 8.71. The largest absolute Gasteiger partial charge is 0.317 e. The van der Waals surface area contributed by atoms with E-state index in [4.69, 9.17) is 10.1 Å². The van der Waals surface area contributed by atoms with Crippen molar-refractivity contribution in [2.75, 3.05) is 13.1 Å². The van der Waals surface area contributed by atoms with Crippen molar-refractivity contribution < 1.29 is 0 Å². The third-order valence-corrected chi connectivity index (χ3v) is 5.90. The summed E-state index contributed by atoms with van der Waals surface area (Å²) < 4.78 is 3.92. The smallest absolute Gasteiger partial charge is 0.212 e. The van der Waals surface area contributed by atoms with Crippen LogP contribution < -0.4 is 5.32 Å². The van der Waals surface area contributed by atoms with Crippen LogP contribution in [-0.2, 0) is 0 Å². The van der Waals surface area contributed by atoms with Crippen molar-refractivity contribution in [3.63, 3.8) is 0 Å². The zero-order valence-corrected chi connectivity index (χ0v) is 15.2. The topological polar surface area (TPSA) is 59.5 Å². The fourth-order valence-electron chi connectivity index (χ4n) is 3.66. The molecule has 128 valence electrons. The molecule has 1 aliphatic rings. The van der Waals surface area contributed by atoms with Crippen LogP contribution >= 0.6 is 11.3 Å². The van der Waals surface area contributed by atoms with Crippen LogP contribution in [0.3, 0.4) is 0 Å². The Hall–Kier alpha value is -2.25. The molecule has 0 bridgehead atoms. The van der Waals surface area contributed by atoms with E-state index >= 15 is 0 Å². The van der Waals surface area contributed by atoms with E-state index in [2.05, 4.69) is 41.7 Å². The number of hydrogen-bond acceptors (Lipinski definition) is 5. The molecule has 1 saturated heterocycles. The highest BCUT2D eigenvalue weighted by molar-refractivity contribution is 7.19. The maximum atomic E-state index is 4.85. The quantitative estimate of drug-likeness (QED) is 0.602. The number of nitrogens with zero attached hydrogens (tertiary/aromatic N) is 5. The molecule has 4 aromatic rings. The molecule has 0 aromatic carbocycles. The SMILES string of the molecule is Cc1cc2cc(-c3nn4cc(C5CCNCC5)nc4s3)cc(C)n2n1. The van der Waals surface area contributed by atoms with Crippen molar-refractivity contribution in [2.45, 2.75) is 32.6 Å². The molecule has 1 fully saturated rings. The molecule has 0 radical (unpaired) electrons. The Kier molecular flexibility index (Phi) is 3.39. The van der Waals surface area contributed by atoms with Gasteiger partial charge in [-0.15, -0.1) is 0 Å². The summed E-state index contributed by atoms with van der Waals surface area (Å²) in [7, 11) is 0. The third-order valence-electron chi connectivity index (χ3n) is 4.93. The summed E-state index contributed by atoms with van der Waals surface area (Å²) in [6.45, 7) is 6.26. The van der Waals surface area contributed by atoms with E-state index in [-0.39, 0.29) is 0 Å². The Labute approximate surface area is 149 Å². The highest BCUT2D eigenvalue weighted by Gasteiger charge is 2.20. The molecule has 0 unspecified atom stereocenters. The van der Waals surface area contributed by atoms with Crippen LogP contribution in [0.25, 0.3) is 21.0 Å². The van der Waals surface area contributed by atoms with Crippen molar-refractivity contribution in [1.29, 1.82) is 0 Å². The molecule has 0 atom stereocenters. The molecule has 25 heavy (non-hydrogen) atoms. The standard InChI is InChI=1S/C18H20N6S/c1-11-7-15-9-14(8-12(2)24(15)21-11)17-22-23-10-16(20-18(23)25-17)13-3-5-19-6-4-13/h7-10,13,19H,3-6H2,1-2H3. The average molecular weight is 352 g/mol. The van der Waals surface area contributed by atoms with Crippen LogP contribution in [0.5, 0.6) is 0 Å². The highest BCUT2D eigenvalue weighted by atomic mass is 32.1. The average Bonchev–Trinajstić information content (AvgIpc) is 3.27. The fraction of sp³-hybridized carbons (Fsp3) is 0.389. The molecule has 1 aliphatic heterocycles. The third kappa shape index (κ3) is 2.54. The van der Waals surface area contributed by atoms with Crippen molar-refractivity contribution in [3.8, 4) is 10.6 Å². The molecule has 4 aromatic heterocycles. The van der Waals surface area contributed by atoms with Crippen LogP contribution in [0.2, 0.25) is 0 Å². The number of aryl methyl sites for hydroxylation is 2. The molecule has 7 heteroatoms. The fourth-order valence-corrected chi connectivity index (χ4v) is 4.54. The minimum absolute atomic E-state index is 0.562. The van der Waals surface area contributed by atoms with Gasteiger partial charge in [-0.3, -0.25) is 0 Å². The van der Waals surface area contributed by atoms with E-state index in [0.29, 0.717) is 5.92 Å². The van der Waals surface area contributed by atoms with Gasteiger partial charge < -0.3 is 5.32 Å². The Bertz CT molecular complexity index is 1030. The zero-order chi connectivity index (χ0) is 17.0. The Morgan fingerprint density at radius 1 is 1.12 bits per heavy atom. The molecule has 5 rings (SSSR count). The van der Waals surface area contributed by atoms with Gasteiger partial charge in [0.2, 0.25) is 4.96 Å². The van der Waals surface area contributed by atoms with Gasteiger partial charge in [-0.05, 0) is 58.0 Å². The van der Waals surface area contributed by atoms with Crippen LogP contribution in [0, 0.1) is 13.8 Å². The lowest BCUT2D eigenvalue weighted by molar-refractivity contribution is 0.454. The van der Waals surface area contributed by atoms with Crippen molar-refractivity contribution >= 4 is 21.8 Å². The first-order chi connectivity index (χ1) is 12.2. The molecule has 5 heterocycles. The summed E-state index contributed by atoms with van der Waals surface area (Å²) in [4.78, 5) is 5.82. The van der Waals surface area contributed by atoms with E-state index in [1.54, 1.807) is 11.3 Å². The summed E-state index contributed by atoms with van der Waals surface area (Å²) in [6.07, 6.45) is 4.43. The van der Waals surface area contributed by atoms with E-state index in [0.717, 1.165) is 58.4 Å². The van der Waals surface area contributed by atoms with Gasteiger partial charge in [0, 0.05) is 17.2 Å². The van der Waals surface area contributed by atoms with Gasteiger partial charge in [0.1, 0.15) is 5.01 Å².